The molecule has 1 atom stereocenters. The van der Waals surface area contributed by atoms with E-state index in [1.54, 1.807) is 0 Å². The summed E-state index contributed by atoms with van der Waals surface area (Å²) in [6.07, 6.45) is 1.80. The number of benzene rings is 1. The maximum Gasteiger partial charge on any atom is 0.123 e. The first-order valence-corrected chi connectivity index (χ1v) is 6.16. The Labute approximate surface area is 106 Å². The molecule has 0 fully saturated rings. The molecule has 17 heavy (non-hydrogen) atoms. The SMILES string of the molecule is CCC1CC(N)=NN=C1c1ccc(Cl)cc1C. The van der Waals surface area contributed by atoms with Crippen LogP contribution in [-0.4, -0.2) is 11.5 Å². The number of nitrogens with two attached hydrogens (primary N) is 1. The molecular formula is C13H16ClN3. The van der Waals surface area contributed by atoms with Gasteiger partial charge in [-0.1, -0.05) is 24.6 Å². The van der Waals surface area contributed by atoms with Crippen LogP contribution < -0.4 is 5.73 Å². The first-order chi connectivity index (χ1) is 8.11. The van der Waals surface area contributed by atoms with Gasteiger partial charge in [-0.15, -0.1) is 5.10 Å². The Morgan fingerprint density at radius 3 is 2.82 bits per heavy atom. The number of hydrogen-bond donors (Lipinski definition) is 1. The van der Waals surface area contributed by atoms with Gasteiger partial charge in [-0.05, 0) is 31.0 Å². The fourth-order valence-corrected chi connectivity index (χ4v) is 2.34. The lowest BCUT2D eigenvalue weighted by Gasteiger charge is -2.21. The molecule has 1 aromatic carbocycles. The average molecular weight is 250 g/mol. The minimum atomic E-state index is 0.354. The van der Waals surface area contributed by atoms with Gasteiger partial charge >= 0.3 is 0 Å². The van der Waals surface area contributed by atoms with E-state index in [1.165, 1.54) is 0 Å². The minimum absolute atomic E-state index is 0.354. The second-order valence-electron chi connectivity index (χ2n) is 4.35. The number of aryl methyl sites for hydroxylation is 1. The van der Waals surface area contributed by atoms with E-state index in [2.05, 4.69) is 17.1 Å². The van der Waals surface area contributed by atoms with E-state index in [0.717, 1.165) is 34.7 Å². The van der Waals surface area contributed by atoms with Crippen molar-refractivity contribution < 1.29 is 0 Å². The molecule has 0 bridgehead atoms. The van der Waals surface area contributed by atoms with Crippen molar-refractivity contribution in [3.63, 3.8) is 0 Å². The van der Waals surface area contributed by atoms with E-state index >= 15 is 0 Å². The van der Waals surface area contributed by atoms with Gasteiger partial charge in [0.1, 0.15) is 5.84 Å². The molecule has 90 valence electrons. The van der Waals surface area contributed by atoms with Crippen LogP contribution in [-0.2, 0) is 0 Å². The van der Waals surface area contributed by atoms with Crippen LogP contribution in [0.5, 0.6) is 0 Å². The van der Waals surface area contributed by atoms with Crippen LogP contribution >= 0.6 is 11.6 Å². The molecule has 0 spiro atoms. The first kappa shape index (κ1) is 12.1. The van der Waals surface area contributed by atoms with Crippen molar-refractivity contribution in [1.29, 1.82) is 0 Å². The second-order valence-corrected chi connectivity index (χ2v) is 4.78. The lowest BCUT2D eigenvalue weighted by atomic mass is 9.88. The molecule has 1 aromatic rings. The van der Waals surface area contributed by atoms with E-state index in [9.17, 15) is 0 Å². The Morgan fingerprint density at radius 2 is 2.18 bits per heavy atom. The molecule has 0 saturated heterocycles. The normalized spacial score (nSPS) is 19.8. The zero-order valence-corrected chi connectivity index (χ0v) is 10.8. The molecule has 1 aliphatic heterocycles. The van der Waals surface area contributed by atoms with Gasteiger partial charge in [0.15, 0.2) is 0 Å². The molecule has 0 aliphatic carbocycles. The van der Waals surface area contributed by atoms with Crippen molar-refractivity contribution in [2.24, 2.45) is 21.9 Å². The molecule has 0 saturated carbocycles. The smallest absolute Gasteiger partial charge is 0.123 e. The van der Waals surface area contributed by atoms with Crippen molar-refractivity contribution in [1.82, 2.24) is 0 Å². The van der Waals surface area contributed by atoms with Gasteiger partial charge in [-0.3, -0.25) is 0 Å². The molecule has 3 nitrogen and oxygen atoms in total. The zero-order chi connectivity index (χ0) is 12.4. The Hall–Kier alpha value is -1.35. The standard InChI is InChI=1S/C13H16ClN3/c1-3-9-7-12(15)16-17-13(9)11-5-4-10(14)6-8(11)2/h4-6,9H,3,7H2,1-2H3,(H2,15,16). The largest absolute Gasteiger partial charge is 0.386 e. The number of hydrogen-bond acceptors (Lipinski definition) is 3. The fourth-order valence-electron chi connectivity index (χ4n) is 2.12. The second kappa shape index (κ2) is 4.88. The molecule has 4 heteroatoms. The summed E-state index contributed by atoms with van der Waals surface area (Å²) in [6, 6.07) is 5.85. The lowest BCUT2D eigenvalue weighted by Crippen LogP contribution is -2.27. The van der Waals surface area contributed by atoms with E-state index in [-0.39, 0.29) is 0 Å². The van der Waals surface area contributed by atoms with Gasteiger partial charge in [-0.25, -0.2) is 0 Å². The predicted octanol–water partition coefficient (Wildman–Crippen LogP) is 3.14. The highest BCUT2D eigenvalue weighted by Gasteiger charge is 2.22. The van der Waals surface area contributed by atoms with Crippen LogP contribution in [0.4, 0.5) is 0 Å². The third-order valence-electron chi connectivity index (χ3n) is 3.09. The van der Waals surface area contributed by atoms with E-state index in [1.807, 2.05) is 25.1 Å². The molecule has 0 amide bonds. The highest BCUT2D eigenvalue weighted by atomic mass is 35.5. The van der Waals surface area contributed by atoms with Gasteiger partial charge in [0.2, 0.25) is 0 Å². The van der Waals surface area contributed by atoms with E-state index in [0.29, 0.717) is 11.8 Å². The first-order valence-electron chi connectivity index (χ1n) is 5.78. The minimum Gasteiger partial charge on any atom is -0.386 e. The zero-order valence-electron chi connectivity index (χ0n) is 10.1. The number of nitrogens with zero attached hydrogens (tertiary/aromatic N) is 2. The summed E-state index contributed by atoms with van der Waals surface area (Å²) in [5.41, 5.74) is 9.00. The summed E-state index contributed by atoms with van der Waals surface area (Å²) < 4.78 is 0. The van der Waals surface area contributed by atoms with Crippen LogP contribution in [0.2, 0.25) is 5.02 Å². The number of amidine groups is 1. The Morgan fingerprint density at radius 1 is 1.41 bits per heavy atom. The topological polar surface area (TPSA) is 50.7 Å². The Balaban J connectivity index is 2.44. The van der Waals surface area contributed by atoms with Gasteiger partial charge in [0.05, 0.1) is 5.71 Å². The highest BCUT2D eigenvalue weighted by Crippen LogP contribution is 2.24. The maximum absolute atomic E-state index is 5.96. The highest BCUT2D eigenvalue weighted by molar-refractivity contribution is 6.30. The van der Waals surface area contributed by atoms with Crippen molar-refractivity contribution in [2.45, 2.75) is 26.7 Å². The van der Waals surface area contributed by atoms with Gasteiger partial charge in [-0.2, -0.15) is 5.10 Å². The van der Waals surface area contributed by atoms with Crippen LogP contribution in [0, 0.1) is 12.8 Å². The predicted molar refractivity (Wildman–Crippen MR) is 72.7 cm³/mol. The van der Waals surface area contributed by atoms with Crippen molar-refractivity contribution in [3.8, 4) is 0 Å². The van der Waals surface area contributed by atoms with E-state index in [4.69, 9.17) is 17.3 Å². The monoisotopic (exact) mass is 249 g/mol. The number of halogens is 1. The molecular weight excluding hydrogens is 234 g/mol. The maximum atomic E-state index is 5.96. The Kier molecular flexibility index (Phi) is 3.48. The van der Waals surface area contributed by atoms with Crippen LogP contribution in [0.3, 0.4) is 0 Å². The van der Waals surface area contributed by atoms with Crippen molar-refractivity contribution in [3.05, 3.63) is 34.3 Å². The van der Waals surface area contributed by atoms with Crippen molar-refractivity contribution >= 4 is 23.1 Å². The van der Waals surface area contributed by atoms with Crippen LogP contribution in [0.1, 0.15) is 30.9 Å². The number of rotatable bonds is 2. The third kappa shape index (κ3) is 2.50. The third-order valence-corrected chi connectivity index (χ3v) is 3.32. The van der Waals surface area contributed by atoms with E-state index < -0.39 is 0 Å². The fraction of sp³-hybridized carbons (Fsp3) is 0.385. The molecule has 1 aliphatic rings. The summed E-state index contributed by atoms with van der Waals surface area (Å²) in [7, 11) is 0. The van der Waals surface area contributed by atoms with Gasteiger partial charge in [0.25, 0.3) is 0 Å². The molecule has 2 N–H and O–H groups in total. The average Bonchev–Trinajstić information content (AvgIpc) is 2.30. The van der Waals surface area contributed by atoms with Crippen LogP contribution in [0.25, 0.3) is 0 Å². The summed E-state index contributed by atoms with van der Waals surface area (Å²) in [5.74, 6) is 0.972. The molecule has 1 unspecified atom stereocenters. The summed E-state index contributed by atoms with van der Waals surface area (Å²) in [5, 5.41) is 9.01. The van der Waals surface area contributed by atoms with Crippen molar-refractivity contribution in [2.75, 3.05) is 0 Å². The molecule has 0 aromatic heterocycles. The van der Waals surface area contributed by atoms with Gasteiger partial charge in [0, 0.05) is 22.9 Å². The van der Waals surface area contributed by atoms with Crippen LogP contribution in [0.15, 0.2) is 28.4 Å². The lowest BCUT2D eigenvalue weighted by molar-refractivity contribution is 0.676. The molecule has 2 rings (SSSR count). The molecule has 1 heterocycles. The summed E-state index contributed by atoms with van der Waals surface area (Å²) in [6.45, 7) is 4.18. The summed E-state index contributed by atoms with van der Waals surface area (Å²) >= 11 is 5.96. The Bertz CT molecular complexity index is 491. The van der Waals surface area contributed by atoms with Gasteiger partial charge < -0.3 is 5.73 Å². The quantitative estimate of drug-likeness (QED) is 0.860. The summed E-state index contributed by atoms with van der Waals surface area (Å²) in [4.78, 5) is 0. The molecule has 0 radical (unpaired) electrons.